The van der Waals surface area contributed by atoms with Crippen molar-refractivity contribution in [3.05, 3.63) is 30.1 Å². The van der Waals surface area contributed by atoms with Crippen LogP contribution in [0.4, 0.5) is 0 Å². The maximum absolute atomic E-state index is 6.21. The number of piperidine rings is 1. The Hall–Kier alpha value is -0.970. The molecule has 3 heterocycles. The van der Waals surface area contributed by atoms with Gasteiger partial charge in [0.1, 0.15) is 0 Å². The number of fused-ring (bicyclic) bond motifs is 1. The fourth-order valence-corrected chi connectivity index (χ4v) is 3.91. The molecule has 120 valence electrons. The van der Waals surface area contributed by atoms with Crippen molar-refractivity contribution in [3.8, 4) is 0 Å². The number of likely N-dealkylation sites (tertiary alicyclic amines) is 1. The summed E-state index contributed by atoms with van der Waals surface area (Å²) in [6.45, 7) is 7.84. The van der Waals surface area contributed by atoms with E-state index in [0.29, 0.717) is 12.0 Å². The van der Waals surface area contributed by atoms with Crippen LogP contribution in [0.25, 0.3) is 0 Å². The summed E-state index contributed by atoms with van der Waals surface area (Å²) in [4.78, 5) is 9.44. The average Bonchev–Trinajstić information content (AvgIpc) is 3.35. The second-order valence-electron chi connectivity index (χ2n) is 7.26. The molecule has 0 N–H and O–H groups in total. The van der Waals surface area contributed by atoms with Gasteiger partial charge in [0, 0.05) is 51.0 Å². The lowest BCUT2D eigenvalue weighted by Gasteiger charge is -2.38. The Kier molecular flexibility index (Phi) is 4.42. The number of nitrogens with zero attached hydrogens (tertiary/aromatic N) is 3. The molecule has 4 nitrogen and oxygen atoms in total. The van der Waals surface area contributed by atoms with Crippen LogP contribution in [0.2, 0.25) is 0 Å². The van der Waals surface area contributed by atoms with E-state index in [0.717, 1.165) is 32.2 Å². The Morgan fingerprint density at radius 1 is 1.14 bits per heavy atom. The zero-order valence-corrected chi connectivity index (χ0v) is 13.4. The Balaban J connectivity index is 1.33. The molecule has 0 unspecified atom stereocenters. The zero-order chi connectivity index (χ0) is 14.8. The van der Waals surface area contributed by atoms with Crippen LogP contribution in [0.5, 0.6) is 0 Å². The number of ether oxygens (including phenoxy) is 1. The highest BCUT2D eigenvalue weighted by Gasteiger charge is 2.35. The summed E-state index contributed by atoms with van der Waals surface area (Å²) >= 11 is 0. The van der Waals surface area contributed by atoms with Crippen LogP contribution in [-0.2, 0) is 11.3 Å². The molecule has 0 bridgehead atoms. The normalized spacial score (nSPS) is 30.7. The largest absolute Gasteiger partial charge is 0.375 e. The molecule has 0 radical (unpaired) electrons. The third kappa shape index (κ3) is 3.67. The van der Waals surface area contributed by atoms with Crippen LogP contribution in [0.3, 0.4) is 0 Å². The maximum Gasteiger partial charge on any atom is 0.0743 e. The minimum absolute atomic E-state index is 0.450. The molecule has 3 fully saturated rings. The summed E-state index contributed by atoms with van der Waals surface area (Å²) in [6.07, 6.45) is 8.48. The average molecular weight is 301 g/mol. The molecule has 2 saturated heterocycles. The topological polar surface area (TPSA) is 28.6 Å². The first-order valence-electron chi connectivity index (χ1n) is 8.82. The second kappa shape index (κ2) is 6.65. The summed E-state index contributed by atoms with van der Waals surface area (Å²) in [6, 6.07) is 4.21. The quantitative estimate of drug-likeness (QED) is 0.851. The lowest BCUT2D eigenvalue weighted by atomic mass is 9.93. The van der Waals surface area contributed by atoms with Crippen molar-refractivity contribution in [1.29, 1.82) is 0 Å². The predicted molar refractivity (Wildman–Crippen MR) is 86.5 cm³/mol. The van der Waals surface area contributed by atoms with Crippen LogP contribution in [-0.4, -0.2) is 60.2 Å². The summed E-state index contributed by atoms with van der Waals surface area (Å²) in [5, 5.41) is 0. The summed E-state index contributed by atoms with van der Waals surface area (Å²) < 4.78 is 6.21. The van der Waals surface area contributed by atoms with Crippen LogP contribution in [0, 0.1) is 11.8 Å². The van der Waals surface area contributed by atoms with E-state index in [-0.39, 0.29) is 0 Å². The Labute approximate surface area is 133 Å². The molecule has 0 amide bonds. The van der Waals surface area contributed by atoms with Crippen LogP contribution < -0.4 is 0 Å². The van der Waals surface area contributed by atoms with Gasteiger partial charge in [-0.3, -0.25) is 9.88 Å². The van der Waals surface area contributed by atoms with Crippen molar-refractivity contribution in [2.75, 3.05) is 39.3 Å². The molecule has 3 aliphatic rings. The third-order valence-electron chi connectivity index (χ3n) is 5.35. The molecule has 22 heavy (non-hydrogen) atoms. The van der Waals surface area contributed by atoms with Crippen LogP contribution >= 0.6 is 0 Å². The first kappa shape index (κ1) is 14.6. The van der Waals surface area contributed by atoms with Gasteiger partial charge in [-0.05, 0) is 43.4 Å². The maximum atomic E-state index is 6.21. The van der Waals surface area contributed by atoms with Gasteiger partial charge in [-0.25, -0.2) is 0 Å². The van der Waals surface area contributed by atoms with Crippen LogP contribution in [0.1, 0.15) is 24.8 Å². The van der Waals surface area contributed by atoms with E-state index < -0.39 is 0 Å². The van der Waals surface area contributed by atoms with Crippen molar-refractivity contribution in [2.45, 2.75) is 31.9 Å². The lowest BCUT2D eigenvalue weighted by Crippen LogP contribution is -2.47. The van der Waals surface area contributed by atoms with Gasteiger partial charge < -0.3 is 9.64 Å². The van der Waals surface area contributed by atoms with E-state index in [9.17, 15) is 0 Å². The van der Waals surface area contributed by atoms with Gasteiger partial charge in [0.15, 0.2) is 0 Å². The second-order valence-corrected chi connectivity index (χ2v) is 7.26. The molecule has 1 aliphatic carbocycles. The van der Waals surface area contributed by atoms with Crippen molar-refractivity contribution < 1.29 is 4.74 Å². The zero-order valence-electron chi connectivity index (χ0n) is 13.4. The fourth-order valence-electron chi connectivity index (χ4n) is 3.91. The van der Waals surface area contributed by atoms with E-state index in [1.54, 1.807) is 0 Å². The summed E-state index contributed by atoms with van der Waals surface area (Å²) in [5.74, 6) is 1.69. The Morgan fingerprint density at radius 2 is 2.09 bits per heavy atom. The first-order chi connectivity index (χ1) is 10.9. The summed E-state index contributed by atoms with van der Waals surface area (Å²) in [7, 11) is 0. The molecule has 1 aromatic rings. The van der Waals surface area contributed by atoms with E-state index >= 15 is 0 Å². The summed E-state index contributed by atoms with van der Waals surface area (Å²) in [5.41, 5.74) is 1.31. The van der Waals surface area contributed by atoms with E-state index in [2.05, 4.69) is 20.9 Å². The number of hydrogen-bond acceptors (Lipinski definition) is 4. The molecule has 1 aromatic heterocycles. The number of pyridine rings is 1. The standard InChI is InChI=1S/C18H27N3O/c1-2-16(10-19-6-1)12-21-8-9-22-18-14-20(11-15-3-4-15)7-5-17(18)13-21/h1-2,6,10,15,17-18H,3-5,7-9,11-14H2/t17-,18-/m1/s1. The first-order valence-corrected chi connectivity index (χ1v) is 8.82. The molecular weight excluding hydrogens is 274 g/mol. The van der Waals surface area contributed by atoms with Crippen molar-refractivity contribution in [2.24, 2.45) is 11.8 Å². The molecule has 4 rings (SSSR count). The highest BCUT2D eigenvalue weighted by Crippen LogP contribution is 2.32. The predicted octanol–water partition coefficient (Wildman–Crippen LogP) is 2.01. The molecule has 0 aromatic carbocycles. The number of hydrogen-bond donors (Lipinski definition) is 0. The molecule has 2 atom stereocenters. The molecule has 1 saturated carbocycles. The smallest absolute Gasteiger partial charge is 0.0743 e. The third-order valence-corrected chi connectivity index (χ3v) is 5.35. The number of aromatic nitrogens is 1. The Morgan fingerprint density at radius 3 is 2.91 bits per heavy atom. The van der Waals surface area contributed by atoms with Gasteiger partial charge in [0.25, 0.3) is 0 Å². The van der Waals surface area contributed by atoms with Gasteiger partial charge in [-0.2, -0.15) is 0 Å². The highest BCUT2D eigenvalue weighted by atomic mass is 16.5. The molecule has 2 aliphatic heterocycles. The van der Waals surface area contributed by atoms with Crippen molar-refractivity contribution >= 4 is 0 Å². The van der Waals surface area contributed by atoms with Gasteiger partial charge in [-0.1, -0.05) is 6.07 Å². The fraction of sp³-hybridized carbons (Fsp3) is 0.722. The van der Waals surface area contributed by atoms with Gasteiger partial charge in [-0.15, -0.1) is 0 Å². The Bertz CT molecular complexity index is 476. The molecule has 4 heteroatoms. The lowest BCUT2D eigenvalue weighted by molar-refractivity contribution is -0.0229. The minimum atomic E-state index is 0.450. The monoisotopic (exact) mass is 301 g/mol. The minimum Gasteiger partial charge on any atom is -0.375 e. The van der Waals surface area contributed by atoms with Gasteiger partial charge in [0.2, 0.25) is 0 Å². The van der Waals surface area contributed by atoms with Crippen LogP contribution in [0.15, 0.2) is 24.5 Å². The van der Waals surface area contributed by atoms with Crippen molar-refractivity contribution in [1.82, 2.24) is 14.8 Å². The van der Waals surface area contributed by atoms with E-state index in [1.807, 2.05) is 18.5 Å². The van der Waals surface area contributed by atoms with Gasteiger partial charge >= 0.3 is 0 Å². The van der Waals surface area contributed by atoms with Crippen molar-refractivity contribution in [3.63, 3.8) is 0 Å². The van der Waals surface area contributed by atoms with Gasteiger partial charge in [0.05, 0.1) is 12.7 Å². The highest BCUT2D eigenvalue weighted by molar-refractivity contribution is 5.08. The van der Waals surface area contributed by atoms with E-state index in [1.165, 1.54) is 44.5 Å². The number of rotatable bonds is 4. The van der Waals surface area contributed by atoms with E-state index in [4.69, 9.17) is 4.74 Å². The molecular formula is C18H27N3O. The molecule has 0 spiro atoms. The SMILES string of the molecule is c1cncc(CN2CCO[C@@H]3CN(CC4CC4)CC[C@@H]3C2)c1.